The standard InChI is InChI=1S/C19H32N2O4S/c1-14-10-18(25-6)11-15(2)19(14)26(22,23)20-12-16(3)21(17(4)13-20)8-7-9-24-5/h10-11,16-17H,7-9,12-13H2,1-6H3. The van der Waals surface area contributed by atoms with Gasteiger partial charge in [0, 0.05) is 45.4 Å². The maximum Gasteiger partial charge on any atom is 0.243 e. The quantitative estimate of drug-likeness (QED) is 0.676. The molecule has 2 rings (SSSR count). The summed E-state index contributed by atoms with van der Waals surface area (Å²) in [6, 6.07) is 3.91. The summed E-state index contributed by atoms with van der Waals surface area (Å²) in [5, 5.41) is 0. The summed E-state index contributed by atoms with van der Waals surface area (Å²) in [6.45, 7) is 10.5. The molecule has 148 valence electrons. The van der Waals surface area contributed by atoms with Crippen LogP contribution in [0.2, 0.25) is 0 Å². The van der Waals surface area contributed by atoms with Crippen molar-refractivity contribution in [1.82, 2.24) is 9.21 Å². The minimum Gasteiger partial charge on any atom is -0.497 e. The number of benzene rings is 1. The van der Waals surface area contributed by atoms with Gasteiger partial charge in [-0.15, -0.1) is 0 Å². The number of piperazine rings is 1. The Bertz CT molecular complexity index is 685. The minimum atomic E-state index is -3.54. The van der Waals surface area contributed by atoms with E-state index in [4.69, 9.17) is 9.47 Å². The summed E-state index contributed by atoms with van der Waals surface area (Å²) in [4.78, 5) is 2.78. The molecule has 0 aliphatic carbocycles. The van der Waals surface area contributed by atoms with Gasteiger partial charge in [0.2, 0.25) is 10.0 Å². The van der Waals surface area contributed by atoms with Crippen LogP contribution < -0.4 is 4.74 Å². The van der Waals surface area contributed by atoms with Gasteiger partial charge in [-0.3, -0.25) is 4.90 Å². The third kappa shape index (κ3) is 4.39. The first kappa shape index (κ1) is 21.2. The number of hydrogen-bond acceptors (Lipinski definition) is 5. The number of nitrogens with zero attached hydrogens (tertiary/aromatic N) is 2. The summed E-state index contributed by atoms with van der Waals surface area (Å²) in [7, 11) is -0.239. The Labute approximate surface area is 158 Å². The molecule has 1 fully saturated rings. The third-order valence-electron chi connectivity index (χ3n) is 5.10. The van der Waals surface area contributed by atoms with Gasteiger partial charge in [0.1, 0.15) is 5.75 Å². The van der Waals surface area contributed by atoms with E-state index in [9.17, 15) is 8.42 Å². The number of hydrogen-bond donors (Lipinski definition) is 0. The summed E-state index contributed by atoms with van der Waals surface area (Å²) < 4.78 is 38.7. The number of methoxy groups -OCH3 is 2. The van der Waals surface area contributed by atoms with Crippen molar-refractivity contribution in [3.05, 3.63) is 23.3 Å². The van der Waals surface area contributed by atoms with E-state index in [1.165, 1.54) is 0 Å². The fraction of sp³-hybridized carbons (Fsp3) is 0.684. The highest BCUT2D eigenvalue weighted by Crippen LogP contribution is 2.30. The van der Waals surface area contributed by atoms with Crippen molar-refractivity contribution in [2.75, 3.05) is 40.5 Å². The summed E-state index contributed by atoms with van der Waals surface area (Å²) in [5.41, 5.74) is 1.45. The topological polar surface area (TPSA) is 59.1 Å². The van der Waals surface area contributed by atoms with Gasteiger partial charge in [0.15, 0.2) is 0 Å². The summed E-state index contributed by atoms with van der Waals surface area (Å²) in [5.74, 6) is 0.684. The van der Waals surface area contributed by atoms with Gasteiger partial charge < -0.3 is 9.47 Å². The van der Waals surface area contributed by atoms with Crippen LogP contribution in [-0.4, -0.2) is 70.2 Å². The first-order valence-corrected chi connectivity index (χ1v) is 10.6. The Morgan fingerprint density at radius 2 is 1.62 bits per heavy atom. The molecule has 7 heteroatoms. The third-order valence-corrected chi connectivity index (χ3v) is 7.24. The van der Waals surface area contributed by atoms with Crippen molar-refractivity contribution in [3.63, 3.8) is 0 Å². The second-order valence-corrected chi connectivity index (χ2v) is 9.07. The van der Waals surface area contributed by atoms with E-state index >= 15 is 0 Å². The number of rotatable bonds is 7. The second-order valence-electron chi connectivity index (χ2n) is 7.19. The number of aryl methyl sites for hydroxylation is 2. The molecular formula is C19H32N2O4S. The van der Waals surface area contributed by atoms with Gasteiger partial charge in [-0.05, 0) is 57.4 Å². The van der Waals surface area contributed by atoms with Crippen molar-refractivity contribution in [3.8, 4) is 5.75 Å². The molecule has 0 bridgehead atoms. The molecule has 2 unspecified atom stereocenters. The Morgan fingerprint density at radius 3 is 2.08 bits per heavy atom. The average Bonchev–Trinajstić information content (AvgIpc) is 2.56. The molecule has 0 N–H and O–H groups in total. The molecule has 0 radical (unpaired) electrons. The van der Waals surface area contributed by atoms with Gasteiger partial charge in [0.05, 0.1) is 12.0 Å². The predicted molar refractivity (Wildman–Crippen MR) is 103 cm³/mol. The lowest BCUT2D eigenvalue weighted by molar-refractivity contribution is 0.0665. The normalized spacial score (nSPS) is 22.5. The molecule has 0 saturated carbocycles. The van der Waals surface area contributed by atoms with Crippen LogP contribution in [0.15, 0.2) is 17.0 Å². The average molecular weight is 385 g/mol. The van der Waals surface area contributed by atoms with Gasteiger partial charge >= 0.3 is 0 Å². The van der Waals surface area contributed by atoms with Gasteiger partial charge in [-0.25, -0.2) is 8.42 Å². The molecular weight excluding hydrogens is 352 g/mol. The molecule has 26 heavy (non-hydrogen) atoms. The van der Waals surface area contributed by atoms with Crippen molar-refractivity contribution in [2.24, 2.45) is 0 Å². The lowest BCUT2D eigenvalue weighted by Gasteiger charge is -2.44. The summed E-state index contributed by atoms with van der Waals surface area (Å²) >= 11 is 0. The van der Waals surface area contributed by atoms with Crippen LogP contribution in [-0.2, 0) is 14.8 Å². The molecule has 0 aromatic heterocycles. The van der Waals surface area contributed by atoms with Crippen molar-refractivity contribution in [2.45, 2.75) is 51.1 Å². The maximum atomic E-state index is 13.3. The number of ether oxygens (including phenoxy) is 2. The molecule has 1 aromatic carbocycles. The minimum absolute atomic E-state index is 0.171. The van der Waals surface area contributed by atoms with Gasteiger partial charge in [-0.1, -0.05) is 0 Å². The van der Waals surface area contributed by atoms with E-state index < -0.39 is 10.0 Å². The molecule has 1 aromatic rings. The van der Waals surface area contributed by atoms with Crippen LogP contribution in [0.4, 0.5) is 0 Å². The first-order chi connectivity index (χ1) is 12.2. The predicted octanol–water partition coefficient (Wildman–Crippen LogP) is 2.43. The molecule has 1 aliphatic heterocycles. The van der Waals surface area contributed by atoms with Gasteiger partial charge in [0.25, 0.3) is 0 Å². The molecule has 1 aliphatic rings. The molecule has 1 saturated heterocycles. The Hall–Kier alpha value is -1.15. The van der Waals surface area contributed by atoms with E-state index in [1.807, 2.05) is 13.8 Å². The SMILES string of the molecule is COCCCN1C(C)CN(S(=O)(=O)c2c(C)cc(OC)cc2C)CC1C. The van der Waals surface area contributed by atoms with Crippen LogP contribution in [0.5, 0.6) is 5.75 Å². The molecule has 0 spiro atoms. The molecule has 2 atom stereocenters. The smallest absolute Gasteiger partial charge is 0.243 e. The van der Waals surface area contributed by atoms with E-state index in [1.54, 1.807) is 30.7 Å². The fourth-order valence-corrected chi connectivity index (χ4v) is 5.91. The van der Waals surface area contributed by atoms with E-state index in [0.29, 0.717) is 23.7 Å². The lowest BCUT2D eigenvalue weighted by atomic mass is 10.1. The van der Waals surface area contributed by atoms with E-state index in [2.05, 4.69) is 18.7 Å². The van der Waals surface area contributed by atoms with Crippen molar-refractivity contribution < 1.29 is 17.9 Å². The first-order valence-electron chi connectivity index (χ1n) is 9.12. The molecule has 1 heterocycles. The Kier molecular flexibility index (Phi) is 7.07. The highest BCUT2D eigenvalue weighted by Gasteiger charge is 2.37. The van der Waals surface area contributed by atoms with Crippen LogP contribution >= 0.6 is 0 Å². The highest BCUT2D eigenvalue weighted by atomic mass is 32.2. The number of sulfonamides is 1. The lowest BCUT2D eigenvalue weighted by Crippen LogP contribution is -2.58. The zero-order valence-electron chi connectivity index (χ0n) is 16.8. The molecule has 6 nitrogen and oxygen atoms in total. The zero-order chi connectivity index (χ0) is 19.5. The second kappa shape index (κ2) is 8.69. The Balaban J connectivity index is 2.24. The monoisotopic (exact) mass is 384 g/mol. The van der Waals surface area contributed by atoms with Crippen LogP contribution in [0.25, 0.3) is 0 Å². The zero-order valence-corrected chi connectivity index (χ0v) is 17.6. The van der Waals surface area contributed by atoms with Crippen molar-refractivity contribution in [1.29, 1.82) is 0 Å². The Morgan fingerprint density at radius 1 is 1.08 bits per heavy atom. The molecule has 0 amide bonds. The van der Waals surface area contributed by atoms with Gasteiger partial charge in [-0.2, -0.15) is 4.31 Å². The van der Waals surface area contributed by atoms with Crippen LogP contribution in [0.1, 0.15) is 31.4 Å². The maximum absolute atomic E-state index is 13.3. The van der Waals surface area contributed by atoms with Crippen LogP contribution in [0, 0.1) is 13.8 Å². The van der Waals surface area contributed by atoms with E-state index in [-0.39, 0.29) is 12.1 Å². The van der Waals surface area contributed by atoms with Crippen molar-refractivity contribution >= 4 is 10.0 Å². The summed E-state index contributed by atoms with van der Waals surface area (Å²) in [6.07, 6.45) is 0.953. The highest BCUT2D eigenvalue weighted by molar-refractivity contribution is 7.89. The van der Waals surface area contributed by atoms with Crippen LogP contribution in [0.3, 0.4) is 0 Å². The van der Waals surface area contributed by atoms with E-state index in [0.717, 1.165) is 30.7 Å². The fourth-order valence-electron chi connectivity index (χ4n) is 3.90. The largest absolute Gasteiger partial charge is 0.497 e.